The average Bonchev–Trinajstić information content (AvgIpc) is 2.68. The minimum atomic E-state index is 0.0673. The van der Waals surface area contributed by atoms with Gasteiger partial charge in [0.2, 0.25) is 0 Å². The number of rotatable bonds is 4. The molecule has 2 N–H and O–H groups in total. The van der Waals surface area contributed by atoms with Gasteiger partial charge >= 0.3 is 0 Å². The molecule has 1 fully saturated rings. The molecule has 0 bridgehead atoms. The molecule has 0 aromatic heterocycles. The minimum absolute atomic E-state index is 0.0673. The summed E-state index contributed by atoms with van der Waals surface area (Å²) >= 11 is 0. The molecule has 0 saturated carbocycles. The third-order valence-corrected chi connectivity index (χ3v) is 4.94. The van der Waals surface area contributed by atoms with Crippen molar-refractivity contribution in [1.82, 2.24) is 5.32 Å². The maximum absolute atomic E-state index is 9.48. The van der Waals surface area contributed by atoms with E-state index in [9.17, 15) is 5.21 Å². The molecule has 5 nitrogen and oxygen atoms in total. The van der Waals surface area contributed by atoms with Crippen LogP contribution in [0.2, 0.25) is 0 Å². The largest absolute Gasteiger partial charge is 0.497 e. The maximum Gasteiger partial charge on any atom is 0.118 e. The van der Waals surface area contributed by atoms with E-state index in [1.807, 2.05) is 36.4 Å². The summed E-state index contributed by atoms with van der Waals surface area (Å²) in [5.41, 5.74) is 3.10. The molecule has 132 valence electrons. The topological polar surface area (TPSA) is 63.1 Å². The van der Waals surface area contributed by atoms with Crippen LogP contribution in [0.15, 0.2) is 53.7 Å². The SMILES string of the molecule is COc1ccc(C2C/C(=N\O)C(C)C(c3ccc(OC)cc3)N2)cc1. The molecular weight excluding hydrogens is 316 g/mol. The summed E-state index contributed by atoms with van der Waals surface area (Å²) in [6, 6.07) is 16.2. The van der Waals surface area contributed by atoms with Crippen molar-refractivity contribution in [3.8, 4) is 11.5 Å². The average molecular weight is 340 g/mol. The Morgan fingerprint density at radius 2 is 1.44 bits per heavy atom. The van der Waals surface area contributed by atoms with Crippen LogP contribution in [0.5, 0.6) is 11.5 Å². The summed E-state index contributed by atoms with van der Waals surface area (Å²) < 4.78 is 10.5. The van der Waals surface area contributed by atoms with E-state index < -0.39 is 0 Å². The van der Waals surface area contributed by atoms with Gasteiger partial charge in [-0.05, 0) is 35.4 Å². The van der Waals surface area contributed by atoms with Crippen LogP contribution in [0, 0.1) is 5.92 Å². The lowest BCUT2D eigenvalue weighted by atomic mass is 9.81. The molecule has 1 aliphatic rings. The van der Waals surface area contributed by atoms with Crippen molar-refractivity contribution in [2.45, 2.75) is 25.4 Å². The summed E-state index contributed by atoms with van der Waals surface area (Å²) in [5, 5.41) is 16.8. The fraction of sp³-hybridized carbons (Fsp3) is 0.350. The number of hydrogen-bond acceptors (Lipinski definition) is 5. The van der Waals surface area contributed by atoms with Crippen LogP contribution in [0.1, 0.15) is 36.6 Å². The standard InChI is InChI=1S/C20H24N2O3/c1-13-18(22-23)12-19(14-4-8-16(24-2)9-5-14)21-20(13)15-6-10-17(25-3)11-7-15/h4-11,13,19-21,23H,12H2,1-3H3/b22-18+. The molecule has 2 aromatic rings. The molecular formula is C20H24N2O3. The molecule has 25 heavy (non-hydrogen) atoms. The molecule has 3 atom stereocenters. The molecule has 0 spiro atoms. The zero-order valence-electron chi connectivity index (χ0n) is 14.8. The van der Waals surface area contributed by atoms with Gasteiger partial charge in [-0.2, -0.15) is 0 Å². The van der Waals surface area contributed by atoms with Gasteiger partial charge in [0.05, 0.1) is 19.9 Å². The van der Waals surface area contributed by atoms with E-state index >= 15 is 0 Å². The molecule has 0 amide bonds. The molecule has 1 aliphatic heterocycles. The molecule has 5 heteroatoms. The van der Waals surface area contributed by atoms with E-state index in [0.29, 0.717) is 6.42 Å². The highest BCUT2D eigenvalue weighted by Crippen LogP contribution is 2.36. The fourth-order valence-corrected chi connectivity index (χ4v) is 3.39. The number of piperidine rings is 1. The first-order chi connectivity index (χ1) is 12.2. The second-order valence-electron chi connectivity index (χ2n) is 6.33. The van der Waals surface area contributed by atoms with Crippen molar-refractivity contribution in [1.29, 1.82) is 0 Å². The van der Waals surface area contributed by atoms with Gasteiger partial charge in [-0.25, -0.2) is 0 Å². The van der Waals surface area contributed by atoms with Gasteiger partial charge in [0.1, 0.15) is 11.5 Å². The number of ether oxygens (including phenoxy) is 2. The lowest BCUT2D eigenvalue weighted by molar-refractivity contribution is 0.294. The van der Waals surface area contributed by atoms with Crippen LogP contribution in [-0.4, -0.2) is 25.1 Å². The second-order valence-corrected chi connectivity index (χ2v) is 6.33. The summed E-state index contributed by atoms with van der Waals surface area (Å²) in [5.74, 6) is 1.76. The Balaban J connectivity index is 1.88. The summed E-state index contributed by atoms with van der Waals surface area (Å²) in [6.07, 6.45) is 0.677. The van der Waals surface area contributed by atoms with Crippen molar-refractivity contribution in [3.63, 3.8) is 0 Å². The van der Waals surface area contributed by atoms with Gasteiger partial charge in [-0.15, -0.1) is 0 Å². The molecule has 0 aliphatic carbocycles. The monoisotopic (exact) mass is 340 g/mol. The van der Waals surface area contributed by atoms with Crippen LogP contribution < -0.4 is 14.8 Å². The molecule has 1 heterocycles. The first-order valence-electron chi connectivity index (χ1n) is 8.41. The lowest BCUT2D eigenvalue weighted by Crippen LogP contribution is -2.41. The van der Waals surface area contributed by atoms with Gasteiger partial charge in [-0.1, -0.05) is 36.3 Å². The number of nitrogens with one attached hydrogen (secondary N) is 1. The predicted molar refractivity (Wildman–Crippen MR) is 97.6 cm³/mol. The quantitative estimate of drug-likeness (QED) is 0.653. The molecule has 3 rings (SSSR count). The fourth-order valence-electron chi connectivity index (χ4n) is 3.39. The Labute approximate surface area is 148 Å². The summed E-state index contributed by atoms with van der Waals surface area (Å²) in [7, 11) is 3.32. The molecule has 0 radical (unpaired) electrons. The Morgan fingerprint density at radius 3 is 1.92 bits per heavy atom. The van der Waals surface area contributed by atoms with Gasteiger partial charge in [-0.3, -0.25) is 0 Å². The number of oxime groups is 1. The Kier molecular flexibility index (Phi) is 5.24. The van der Waals surface area contributed by atoms with E-state index in [-0.39, 0.29) is 18.0 Å². The van der Waals surface area contributed by atoms with Crippen LogP contribution in [0.25, 0.3) is 0 Å². The Morgan fingerprint density at radius 1 is 0.920 bits per heavy atom. The zero-order valence-corrected chi connectivity index (χ0v) is 14.8. The summed E-state index contributed by atoms with van der Waals surface area (Å²) in [4.78, 5) is 0. The van der Waals surface area contributed by atoms with Crippen molar-refractivity contribution >= 4 is 5.71 Å². The van der Waals surface area contributed by atoms with E-state index in [1.54, 1.807) is 14.2 Å². The van der Waals surface area contributed by atoms with Gasteiger partial charge in [0.15, 0.2) is 0 Å². The highest BCUT2D eigenvalue weighted by Gasteiger charge is 2.33. The number of nitrogens with zero attached hydrogens (tertiary/aromatic N) is 1. The smallest absolute Gasteiger partial charge is 0.118 e. The maximum atomic E-state index is 9.48. The van der Waals surface area contributed by atoms with E-state index in [0.717, 1.165) is 28.3 Å². The van der Waals surface area contributed by atoms with Crippen LogP contribution in [0.4, 0.5) is 0 Å². The first-order valence-corrected chi connectivity index (χ1v) is 8.41. The van der Waals surface area contributed by atoms with Crippen molar-refractivity contribution in [3.05, 3.63) is 59.7 Å². The van der Waals surface area contributed by atoms with Crippen LogP contribution in [-0.2, 0) is 0 Å². The van der Waals surface area contributed by atoms with E-state index in [1.165, 1.54) is 0 Å². The third kappa shape index (κ3) is 3.61. The zero-order chi connectivity index (χ0) is 17.8. The minimum Gasteiger partial charge on any atom is -0.497 e. The van der Waals surface area contributed by atoms with Crippen LogP contribution in [0.3, 0.4) is 0 Å². The normalized spacial score (nSPS) is 24.9. The number of benzene rings is 2. The number of methoxy groups -OCH3 is 2. The van der Waals surface area contributed by atoms with E-state index in [2.05, 4.69) is 29.5 Å². The number of hydrogen-bond donors (Lipinski definition) is 2. The molecule has 1 saturated heterocycles. The Bertz CT molecular complexity index is 726. The Hall–Kier alpha value is -2.53. The van der Waals surface area contributed by atoms with Crippen molar-refractivity contribution in [2.75, 3.05) is 14.2 Å². The van der Waals surface area contributed by atoms with E-state index in [4.69, 9.17) is 9.47 Å². The van der Waals surface area contributed by atoms with Gasteiger partial charge in [0.25, 0.3) is 0 Å². The molecule has 3 unspecified atom stereocenters. The summed E-state index contributed by atoms with van der Waals surface area (Å²) in [6.45, 7) is 2.08. The third-order valence-electron chi connectivity index (χ3n) is 4.94. The highest BCUT2D eigenvalue weighted by atomic mass is 16.5. The molecule has 2 aromatic carbocycles. The van der Waals surface area contributed by atoms with Gasteiger partial charge in [0, 0.05) is 24.4 Å². The predicted octanol–water partition coefficient (Wildman–Crippen LogP) is 3.95. The van der Waals surface area contributed by atoms with Crippen molar-refractivity contribution < 1.29 is 14.7 Å². The van der Waals surface area contributed by atoms with Crippen molar-refractivity contribution in [2.24, 2.45) is 11.1 Å². The van der Waals surface area contributed by atoms with Crippen LogP contribution >= 0.6 is 0 Å². The first kappa shape index (κ1) is 17.3. The highest BCUT2D eigenvalue weighted by molar-refractivity contribution is 5.88. The lowest BCUT2D eigenvalue weighted by Gasteiger charge is -2.37. The van der Waals surface area contributed by atoms with Gasteiger partial charge < -0.3 is 20.0 Å². The second kappa shape index (κ2) is 7.57.